The molecule has 1 aromatic heterocycles. The Bertz CT molecular complexity index is 371. The summed E-state index contributed by atoms with van der Waals surface area (Å²) in [6.45, 7) is 5.73. The highest BCUT2D eigenvalue weighted by molar-refractivity contribution is 5.27. The molecule has 0 saturated carbocycles. The molecule has 1 heterocycles. The van der Waals surface area contributed by atoms with Crippen LogP contribution in [-0.2, 0) is 0 Å². The fourth-order valence-electron chi connectivity index (χ4n) is 1.83. The third kappa shape index (κ3) is 3.92. The monoisotopic (exact) mass is 255 g/mol. The van der Waals surface area contributed by atoms with Crippen LogP contribution in [0.15, 0.2) is 12.3 Å². The van der Waals surface area contributed by atoms with Crippen LogP contribution >= 0.6 is 0 Å². The van der Waals surface area contributed by atoms with E-state index in [1.54, 1.807) is 12.3 Å². The molecule has 102 valence electrons. The quantitative estimate of drug-likeness (QED) is 0.806. The summed E-state index contributed by atoms with van der Waals surface area (Å²) in [4.78, 5) is 5.93. The third-order valence-electron chi connectivity index (χ3n) is 2.54. The van der Waals surface area contributed by atoms with Crippen molar-refractivity contribution < 1.29 is 9.13 Å². The molecule has 0 spiro atoms. The summed E-state index contributed by atoms with van der Waals surface area (Å²) in [5, 5.41) is 3.28. The lowest BCUT2D eigenvalue weighted by Gasteiger charge is -2.23. The molecule has 0 aromatic carbocycles. The van der Waals surface area contributed by atoms with Crippen LogP contribution in [-0.4, -0.2) is 43.7 Å². The molecule has 0 radical (unpaired) electrons. The van der Waals surface area contributed by atoms with Crippen LogP contribution in [0.1, 0.15) is 25.5 Å². The normalized spacial score (nSPS) is 12.8. The molecule has 0 aliphatic carbocycles. The van der Waals surface area contributed by atoms with Gasteiger partial charge in [0.2, 0.25) is 0 Å². The van der Waals surface area contributed by atoms with E-state index in [2.05, 4.69) is 10.3 Å². The van der Waals surface area contributed by atoms with Crippen LogP contribution < -0.4 is 10.1 Å². The van der Waals surface area contributed by atoms with Crippen LogP contribution in [0.3, 0.4) is 0 Å². The summed E-state index contributed by atoms with van der Waals surface area (Å²) in [6.07, 6.45) is 1.59. The van der Waals surface area contributed by atoms with Gasteiger partial charge in [0.15, 0.2) is 5.82 Å². The zero-order valence-electron chi connectivity index (χ0n) is 11.5. The van der Waals surface area contributed by atoms with Crippen LogP contribution in [0.5, 0.6) is 5.88 Å². The maximum atomic E-state index is 14.2. The highest BCUT2D eigenvalue weighted by Crippen LogP contribution is 2.23. The Balaban J connectivity index is 2.99. The van der Waals surface area contributed by atoms with Crippen LogP contribution in [0, 0.1) is 5.82 Å². The van der Waals surface area contributed by atoms with Gasteiger partial charge < -0.3 is 15.0 Å². The average molecular weight is 255 g/mol. The van der Waals surface area contributed by atoms with E-state index in [9.17, 15) is 4.39 Å². The van der Waals surface area contributed by atoms with E-state index in [0.29, 0.717) is 12.2 Å². The first-order chi connectivity index (χ1) is 8.60. The highest BCUT2D eigenvalue weighted by atomic mass is 19.1. The van der Waals surface area contributed by atoms with Gasteiger partial charge in [-0.15, -0.1) is 0 Å². The number of nitrogens with one attached hydrogen (secondary N) is 1. The van der Waals surface area contributed by atoms with Crippen molar-refractivity contribution in [1.29, 1.82) is 0 Å². The van der Waals surface area contributed by atoms with Crippen molar-refractivity contribution in [3.8, 4) is 5.88 Å². The van der Waals surface area contributed by atoms with E-state index in [-0.39, 0.29) is 17.7 Å². The smallest absolute Gasteiger partial charge is 0.250 e. The lowest BCUT2D eigenvalue weighted by molar-refractivity contribution is 0.298. The Morgan fingerprint density at radius 3 is 2.72 bits per heavy atom. The molecule has 0 bridgehead atoms. The van der Waals surface area contributed by atoms with Gasteiger partial charge in [0, 0.05) is 24.3 Å². The maximum absolute atomic E-state index is 14.2. The Labute approximate surface area is 108 Å². The van der Waals surface area contributed by atoms with Gasteiger partial charge in [-0.2, -0.15) is 0 Å². The first-order valence-corrected chi connectivity index (χ1v) is 6.25. The minimum absolute atomic E-state index is 0.0628. The summed E-state index contributed by atoms with van der Waals surface area (Å²) in [5.74, 6) is -0.288. The van der Waals surface area contributed by atoms with Crippen LogP contribution in [0.2, 0.25) is 0 Å². The summed E-state index contributed by atoms with van der Waals surface area (Å²) in [5.41, 5.74) is 0.601. The largest absolute Gasteiger partial charge is 0.476 e. The first-order valence-electron chi connectivity index (χ1n) is 6.25. The molecule has 1 aromatic rings. The van der Waals surface area contributed by atoms with Crippen molar-refractivity contribution in [2.45, 2.75) is 19.9 Å². The van der Waals surface area contributed by atoms with Gasteiger partial charge >= 0.3 is 0 Å². The second-order valence-corrected chi connectivity index (χ2v) is 4.32. The van der Waals surface area contributed by atoms with Gasteiger partial charge in [0.05, 0.1) is 6.61 Å². The summed E-state index contributed by atoms with van der Waals surface area (Å²) in [7, 11) is 3.93. The number of ether oxygens (including phenoxy) is 1. The van der Waals surface area contributed by atoms with E-state index in [1.807, 2.05) is 32.8 Å². The third-order valence-corrected chi connectivity index (χ3v) is 2.54. The van der Waals surface area contributed by atoms with E-state index < -0.39 is 0 Å². The second kappa shape index (κ2) is 7.28. The van der Waals surface area contributed by atoms with E-state index in [1.165, 1.54) is 0 Å². The highest BCUT2D eigenvalue weighted by Gasteiger charge is 2.19. The van der Waals surface area contributed by atoms with Gasteiger partial charge in [-0.25, -0.2) is 9.37 Å². The predicted octanol–water partition coefficient (Wildman–Crippen LogP) is 1.83. The zero-order chi connectivity index (χ0) is 13.5. The van der Waals surface area contributed by atoms with Crippen LogP contribution in [0.4, 0.5) is 4.39 Å². The predicted molar refractivity (Wildman–Crippen MR) is 70.3 cm³/mol. The van der Waals surface area contributed by atoms with Gasteiger partial charge in [-0.1, -0.05) is 6.92 Å². The fraction of sp³-hybridized carbons (Fsp3) is 0.615. The molecule has 1 N–H and O–H groups in total. The van der Waals surface area contributed by atoms with Crippen molar-refractivity contribution in [1.82, 2.24) is 15.2 Å². The van der Waals surface area contributed by atoms with E-state index in [0.717, 1.165) is 13.1 Å². The fourth-order valence-corrected chi connectivity index (χ4v) is 1.83. The molecule has 18 heavy (non-hydrogen) atoms. The van der Waals surface area contributed by atoms with Gasteiger partial charge in [-0.05, 0) is 33.6 Å². The molecule has 0 aliphatic heterocycles. The second-order valence-electron chi connectivity index (χ2n) is 4.32. The number of halogens is 1. The van der Waals surface area contributed by atoms with Gasteiger partial charge in [0.1, 0.15) is 0 Å². The Morgan fingerprint density at radius 2 is 2.17 bits per heavy atom. The number of likely N-dealkylation sites (N-methyl/N-ethyl adjacent to an activating group) is 2. The summed E-state index contributed by atoms with van der Waals surface area (Å²) in [6, 6.07) is 1.64. The number of hydrogen-bond acceptors (Lipinski definition) is 4. The van der Waals surface area contributed by atoms with Crippen molar-refractivity contribution in [2.75, 3.05) is 33.8 Å². The molecule has 0 fully saturated rings. The zero-order valence-corrected chi connectivity index (χ0v) is 11.5. The standard InChI is InChI=1S/C13H22FN3O/c1-5-15-11(9-17(3)4)10-7-8-16-13(12(10)14)18-6-2/h7-8,11,15H,5-6,9H2,1-4H3. The number of hydrogen-bond donors (Lipinski definition) is 1. The molecular weight excluding hydrogens is 233 g/mol. The molecular formula is C13H22FN3O. The number of aromatic nitrogens is 1. The number of nitrogens with zero attached hydrogens (tertiary/aromatic N) is 2. The van der Waals surface area contributed by atoms with Gasteiger partial charge in [-0.3, -0.25) is 0 Å². The molecule has 0 aliphatic rings. The Morgan fingerprint density at radius 1 is 1.44 bits per heavy atom. The lowest BCUT2D eigenvalue weighted by atomic mass is 10.1. The van der Waals surface area contributed by atoms with Crippen molar-refractivity contribution in [2.24, 2.45) is 0 Å². The van der Waals surface area contributed by atoms with Crippen LogP contribution in [0.25, 0.3) is 0 Å². The number of rotatable bonds is 7. The van der Waals surface area contributed by atoms with Gasteiger partial charge in [0.25, 0.3) is 5.88 Å². The molecule has 1 atom stereocenters. The summed E-state index contributed by atoms with van der Waals surface area (Å²) < 4.78 is 19.4. The molecule has 0 saturated heterocycles. The lowest BCUT2D eigenvalue weighted by Crippen LogP contribution is -2.31. The SMILES string of the molecule is CCNC(CN(C)C)c1ccnc(OCC)c1F. The molecule has 0 amide bonds. The maximum Gasteiger partial charge on any atom is 0.250 e. The minimum atomic E-state index is -0.368. The molecule has 5 heteroatoms. The average Bonchev–Trinajstić information content (AvgIpc) is 2.31. The molecule has 1 unspecified atom stereocenters. The topological polar surface area (TPSA) is 37.4 Å². The van der Waals surface area contributed by atoms with E-state index in [4.69, 9.17) is 4.74 Å². The van der Waals surface area contributed by atoms with Crippen molar-refractivity contribution >= 4 is 0 Å². The summed E-state index contributed by atoms with van der Waals surface area (Å²) >= 11 is 0. The Hall–Kier alpha value is -1.20. The number of pyridine rings is 1. The Kier molecular flexibility index (Phi) is 6.01. The molecule has 4 nitrogen and oxygen atoms in total. The van der Waals surface area contributed by atoms with Crippen molar-refractivity contribution in [3.05, 3.63) is 23.6 Å². The first kappa shape index (κ1) is 14.9. The molecule has 1 rings (SSSR count). The van der Waals surface area contributed by atoms with E-state index >= 15 is 0 Å². The van der Waals surface area contributed by atoms with Crippen molar-refractivity contribution in [3.63, 3.8) is 0 Å². The minimum Gasteiger partial charge on any atom is -0.476 e.